The van der Waals surface area contributed by atoms with Crippen LogP contribution in [0.2, 0.25) is 5.02 Å². The first-order valence-electron chi connectivity index (χ1n) is 6.20. The first-order valence-corrected chi connectivity index (χ1v) is 6.58. The summed E-state index contributed by atoms with van der Waals surface area (Å²) in [4.78, 5) is 3.93. The Kier molecular flexibility index (Phi) is 4.77. The molecule has 0 aliphatic heterocycles. The molecule has 1 aromatic carbocycles. The van der Waals surface area contributed by atoms with Gasteiger partial charge in [-0.25, -0.2) is 0 Å². The maximum atomic E-state index is 10.3. The van der Waals surface area contributed by atoms with Crippen molar-refractivity contribution < 1.29 is 9.84 Å². The molecule has 0 spiro atoms. The normalized spacial score (nSPS) is 12.2. The molecule has 0 aliphatic rings. The first kappa shape index (κ1) is 13.8. The van der Waals surface area contributed by atoms with Crippen molar-refractivity contribution in [2.75, 3.05) is 6.61 Å². The van der Waals surface area contributed by atoms with Gasteiger partial charge in [-0.2, -0.15) is 0 Å². The zero-order valence-electron chi connectivity index (χ0n) is 10.7. The van der Waals surface area contributed by atoms with E-state index < -0.39 is 6.10 Å². The molecule has 1 heterocycles. The largest absolute Gasteiger partial charge is 0.493 e. The Balaban J connectivity index is 2.20. The molecule has 0 radical (unpaired) electrons. The van der Waals surface area contributed by atoms with E-state index in [1.807, 2.05) is 37.3 Å². The Hall–Kier alpha value is -1.58. The molecule has 4 heteroatoms. The molecule has 19 heavy (non-hydrogen) atoms. The molecule has 1 N–H and O–H groups in total. The van der Waals surface area contributed by atoms with Crippen molar-refractivity contribution in [2.45, 2.75) is 19.4 Å². The lowest BCUT2D eigenvalue weighted by Gasteiger charge is -2.16. The van der Waals surface area contributed by atoms with E-state index in [2.05, 4.69) is 4.98 Å². The zero-order chi connectivity index (χ0) is 13.7. The van der Waals surface area contributed by atoms with Gasteiger partial charge < -0.3 is 9.84 Å². The van der Waals surface area contributed by atoms with Crippen LogP contribution in [-0.2, 0) is 6.42 Å². The topological polar surface area (TPSA) is 42.4 Å². The van der Waals surface area contributed by atoms with Crippen molar-refractivity contribution in [3.8, 4) is 5.75 Å². The van der Waals surface area contributed by atoms with Gasteiger partial charge in [0.2, 0.25) is 0 Å². The number of aromatic nitrogens is 1. The molecular weight excluding hydrogens is 262 g/mol. The minimum atomic E-state index is -0.650. The van der Waals surface area contributed by atoms with Crippen LogP contribution in [0.4, 0.5) is 0 Å². The van der Waals surface area contributed by atoms with E-state index in [4.69, 9.17) is 16.3 Å². The van der Waals surface area contributed by atoms with Crippen molar-refractivity contribution in [3.63, 3.8) is 0 Å². The van der Waals surface area contributed by atoms with Gasteiger partial charge in [-0.1, -0.05) is 29.8 Å². The van der Waals surface area contributed by atoms with E-state index in [0.717, 1.165) is 11.1 Å². The summed E-state index contributed by atoms with van der Waals surface area (Å²) in [7, 11) is 0. The SMILES string of the molecule is CCOc1ccccc1C(O)Cc1ccncc1Cl. The van der Waals surface area contributed by atoms with Gasteiger partial charge in [0.1, 0.15) is 5.75 Å². The second-order valence-electron chi connectivity index (χ2n) is 4.16. The van der Waals surface area contributed by atoms with E-state index >= 15 is 0 Å². The summed E-state index contributed by atoms with van der Waals surface area (Å²) in [5.41, 5.74) is 1.65. The minimum Gasteiger partial charge on any atom is -0.493 e. The van der Waals surface area contributed by atoms with Crippen molar-refractivity contribution in [3.05, 3.63) is 58.9 Å². The predicted octanol–water partition coefficient (Wildman–Crippen LogP) is 3.41. The van der Waals surface area contributed by atoms with Gasteiger partial charge in [0, 0.05) is 24.4 Å². The van der Waals surface area contributed by atoms with Gasteiger partial charge in [0.15, 0.2) is 0 Å². The van der Waals surface area contributed by atoms with E-state index in [9.17, 15) is 5.11 Å². The summed E-state index contributed by atoms with van der Waals surface area (Å²) in [6, 6.07) is 9.31. The smallest absolute Gasteiger partial charge is 0.125 e. The monoisotopic (exact) mass is 277 g/mol. The number of ether oxygens (including phenoxy) is 1. The number of para-hydroxylation sites is 1. The lowest BCUT2D eigenvalue weighted by atomic mass is 10.0. The quantitative estimate of drug-likeness (QED) is 0.911. The fourth-order valence-electron chi connectivity index (χ4n) is 1.93. The lowest BCUT2D eigenvalue weighted by Crippen LogP contribution is -2.05. The number of hydrogen-bond acceptors (Lipinski definition) is 3. The summed E-state index contributed by atoms with van der Waals surface area (Å²) >= 11 is 6.05. The average molecular weight is 278 g/mol. The molecule has 2 rings (SSSR count). The highest BCUT2D eigenvalue weighted by Gasteiger charge is 2.15. The summed E-state index contributed by atoms with van der Waals surface area (Å²) in [6.07, 6.45) is 3.04. The molecule has 3 nitrogen and oxygen atoms in total. The van der Waals surface area contributed by atoms with Crippen LogP contribution in [0.3, 0.4) is 0 Å². The van der Waals surface area contributed by atoms with Crippen molar-refractivity contribution in [1.82, 2.24) is 4.98 Å². The molecule has 0 amide bonds. The van der Waals surface area contributed by atoms with Crippen LogP contribution in [0.25, 0.3) is 0 Å². The van der Waals surface area contributed by atoms with Crippen molar-refractivity contribution >= 4 is 11.6 Å². The minimum absolute atomic E-state index is 0.436. The summed E-state index contributed by atoms with van der Waals surface area (Å²) in [5, 5.41) is 10.9. The third kappa shape index (κ3) is 3.46. The van der Waals surface area contributed by atoms with Gasteiger partial charge in [0.05, 0.1) is 17.7 Å². The molecule has 100 valence electrons. The second kappa shape index (κ2) is 6.55. The standard InChI is InChI=1S/C15H16ClNO2/c1-2-19-15-6-4-3-5-12(15)14(18)9-11-7-8-17-10-13(11)16/h3-8,10,14,18H,2,9H2,1H3. The van der Waals surface area contributed by atoms with Crippen molar-refractivity contribution in [2.24, 2.45) is 0 Å². The number of hydrogen-bond donors (Lipinski definition) is 1. The van der Waals surface area contributed by atoms with E-state index in [1.54, 1.807) is 12.4 Å². The molecule has 0 fully saturated rings. The Labute approximate surface area is 117 Å². The number of halogens is 1. The molecule has 1 atom stereocenters. The Morgan fingerprint density at radius 1 is 1.32 bits per heavy atom. The number of benzene rings is 1. The number of aliphatic hydroxyl groups excluding tert-OH is 1. The van der Waals surface area contributed by atoms with Gasteiger partial charge in [-0.15, -0.1) is 0 Å². The summed E-state index contributed by atoms with van der Waals surface area (Å²) in [5.74, 6) is 0.711. The summed E-state index contributed by atoms with van der Waals surface area (Å²) in [6.45, 7) is 2.49. The van der Waals surface area contributed by atoms with E-state index in [-0.39, 0.29) is 0 Å². The maximum absolute atomic E-state index is 10.3. The molecule has 1 aromatic heterocycles. The van der Waals surface area contributed by atoms with Gasteiger partial charge >= 0.3 is 0 Å². The molecule has 0 saturated carbocycles. The van der Waals surface area contributed by atoms with Gasteiger partial charge in [-0.05, 0) is 24.6 Å². The number of nitrogens with zero attached hydrogens (tertiary/aromatic N) is 1. The lowest BCUT2D eigenvalue weighted by molar-refractivity contribution is 0.172. The fraction of sp³-hybridized carbons (Fsp3) is 0.267. The predicted molar refractivity (Wildman–Crippen MR) is 75.5 cm³/mol. The molecule has 2 aromatic rings. The maximum Gasteiger partial charge on any atom is 0.125 e. The average Bonchev–Trinajstić information content (AvgIpc) is 2.42. The third-order valence-corrected chi connectivity index (χ3v) is 3.19. The van der Waals surface area contributed by atoms with Crippen LogP contribution >= 0.6 is 11.6 Å². The van der Waals surface area contributed by atoms with Crippen LogP contribution < -0.4 is 4.74 Å². The highest BCUT2D eigenvalue weighted by Crippen LogP contribution is 2.29. The molecule has 0 saturated heterocycles. The number of pyridine rings is 1. The summed E-state index contributed by atoms with van der Waals surface area (Å²) < 4.78 is 5.52. The zero-order valence-corrected chi connectivity index (χ0v) is 11.5. The van der Waals surface area contributed by atoms with Crippen LogP contribution in [0.15, 0.2) is 42.7 Å². The van der Waals surface area contributed by atoms with Crippen molar-refractivity contribution in [1.29, 1.82) is 0 Å². The second-order valence-corrected chi connectivity index (χ2v) is 4.57. The van der Waals surface area contributed by atoms with E-state index in [0.29, 0.717) is 23.8 Å². The van der Waals surface area contributed by atoms with Gasteiger partial charge in [0.25, 0.3) is 0 Å². The van der Waals surface area contributed by atoms with Crippen LogP contribution in [0.5, 0.6) is 5.75 Å². The molecular formula is C15H16ClNO2. The van der Waals surface area contributed by atoms with Crippen LogP contribution in [0.1, 0.15) is 24.2 Å². The van der Waals surface area contributed by atoms with E-state index in [1.165, 1.54) is 0 Å². The fourth-order valence-corrected chi connectivity index (χ4v) is 2.13. The molecule has 0 aliphatic carbocycles. The first-order chi connectivity index (χ1) is 9.22. The highest BCUT2D eigenvalue weighted by atomic mass is 35.5. The van der Waals surface area contributed by atoms with Gasteiger partial charge in [-0.3, -0.25) is 4.98 Å². The molecule has 0 bridgehead atoms. The van der Waals surface area contributed by atoms with Crippen LogP contribution in [0, 0.1) is 0 Å². The Bertz CT molecular complexity index is 545. The number of aliphatic hydroxyl groups is 1. The Morgan fingerprint density at radius 3 is 2.84 bits per heavy atom. The third-order valence-electron chi connectivity index (χ3n) is 2.85. The Morgan fingerprint density at radius 2 is 2.11 bits per heavy atom. The number of rotatable bonds is 5. The highest BCUT2D eigenvalue weighted by molar-refractivity contribution is 6.31. The molecule has 1 unspecified atom stereocenters. The van der Waals surface area contributed by atoms with Crippen LogP contribution in [-0.4, -0.2) is 16.7 Å².